The fraction of sp³-hybridized carbons (Fsp3) is 0.444. The van der Waals surface area contributed by atoms with Crippen molar-refractivity contribution in [3.05, 3.63) is 36.2 Å². The van der Waals surface area contributed by atoms with Crippen molar-refractivity contribution >= 4 is 11.7 Å². The molecule has 1 aromatic carbocycles. The summed E-state index contributed by atoms with van der Waals surface area (Å²) in [4.78, 5) is 16.2. The maximum atomic E-state index is 11.9. The van der Waals surface area contributed by atoms with Crippen molar-refractivity contribution in [2.75, 3.05) is 18.5 Å². The van der Waals surface area contributed by atoms with E-state index in [0.29, 0.717) is 18.4 Å². The number of nitrogens with zero attached hydrogens (tertiary/aromatic N) is 1. The van der Waals surface area contributed by atoms with Crippen molar-refractivity contribution in [1.29, 1.82) is 0 Å². The molecule has 1 aromatic heterocycles. The number of urea groups is 1. The highest BCUT2D eigenvalue weighted by Crippen LogP contribution is 2.24. The van der Waals surface area contributed by atoms with E-state index in [4.69, 9.17) is 9.15 Å². The quantitative estimate of drug-likeness (QED) is 0.875. The molecule has 2 aromatic rings. The Morgan fingerprint density at radius 2 is 2.12 bits per heavy atom. The number of amides is 2. The van der Waals surface area contributed by atoms with Gasteiger partial charge in [0.05, 0.1) is 12.3 Å². The van der Waals surface area contributed by atoms with Gasteiger partial charge in [-0.1, -0.05) is 13.8 Å². The predicted octanol–water partition coefficient (Wildman–Crippen LogP) is 3.77. The summed E-state index contributed by atoms with van der Waals surface area (Å²) in [6, 6.07) is 7.20. The van der Waals surface area contributed by atoms with Crippen LogP contribution >= 0.6 is 0 Å². The molecule has 0 spiro atoms. The summed E-state index contributed by atoms with van der Waals surface area (Å²) in [7, 11) is 0. The van der Waals surface area contributed by atoms with Crippen LogP contribution in [0.2, 0.25) is 0 Å². The molecule has 1 aliphatic rings. The Labute approximate surface area is 141 Å². The van der Waals surface area contributed by atoms with Crippen LogP contribution in [0.4, 0.5) is 10.5 Å². The van der Waals surface area contributed by atoms with Crippen LogP contribution in [-0.2, 0) is 4.74 Å². The van der Waals surface area contributed by atoms with E-state index < -0.39 is 0 Å². The second-order valence-electron chi connectivity index (χ2n) is 6.27. The Bertz CT molecular complexity index is 673. The lowest BCUT2D eigenvalue weighted by atomic mass is 10.2. The Morgan fingerprint density at radius 3 is 2.75 bits per heavy atom. The van der Waals surface area contributed by atoms with Crippen molar-refractivity contribution in [3.8, 4) is 11.5 Å². The molecule has 0 saturated carbocycles. The van der Waals surface area contributed by atoms with Crippen molar-refractivity contribution in [1.82, 2.24) is 10.3 Å². The maximum Gasteiger partial charge on any atom is 0.319 e. The minimum Gasteiger partial charge on any atom is -0.441 e. The number of hydrogen-bond donors (Lipinski definition) is 2. The van der Waals surface area contributed by atoms with Crippen molar-refractivity contribution in [2.45, 2.75) is 38.7 Å². The van der Waals surface area contributed by atoms with Gasteiger partial charge in [-0.15, -0.1) is 0 Å². The standard InChI is InChI=1S/C18H23N3O3/c1-12(2)16-11-19-17(24-16)13-5-7-14(8-6-13)21-18(22)20-10-15-4-3-9-23-15/h5-8,11-12,15H,3-4,9-10H2,1-2H3,(H2,20,21,22). The van der Waals surface area contributed by atoms with Crippen LogP contribution in [0.5, 0.6) is 0 Å². The zero-order chi connectivity index (χ0) is 16.9. The van der Waals surface area contributed by atoms with E-state index in [1.165, 1.54) is 0 Å². The molecule has 2 amide bonds. The molecule has 1 unspecified atom stereocenters. The lowest BCUT2D eigenvalue weighted by Crippen LogP contribution is -2.34. The third kappa shape index (κ3) is 4.14. The fourth-order valence-electron chi connectivity index (χ4n) is 2.57. The highest BCUT2D eigenvalue weighted by molar-refractivity contribution is 5.89. The number of rotatable bonds is 5. The number of ether oxygens (including phenoxy) is 1. The molecule has 128 valence electrons. The molecule has 2 heterocycles. The third-order valence-electron chi connectivity index (χ3n) is 4.00. The summed E-state index contributed by atoms with van der Waals surface area (Å²) in [5, 5.41) is 5.64. The zero-order valence-electron chi connectivity index (χ0n) is 14.0. The zero-order valence-corrected chi connectivity index (χ0v) is 14.0. The molecule has 24 heavy (non-hydrogen) atoms. The van der Waals surface area contributed by atoms with Gasteiger partial charge in [0.15, 0.2) is 0 Å². The van der Waals surface area contributed by atoms with Gasteiger partial charge in [-0.05, 0) is 37.1 Å². The van der Waals surface area contributed by atoms with Crippen LogP contribution in [-0.4, -0.2) is 30.3 Å². The average molecular weight is 329 g/mol. The fourth-order valence-corrected chi connectivity index (χ4v) is 2.57. The SMILES string of the molecule is CC(C)c1cnc(-c2ccc(NC(=O)NCC3CCCO3)cc2)o1. The topological polar surface area (TPSA) is 76.4 Å². The maximum absolute atomic E-state index is 11.9. The number of aromatic nitrogens is 1. The Kier molecular flexibility index (Phi) is 5.15. The molecule has 0 bridgehead atoms. The van der Waals surface area contributed by atoms with Crippen LogP contribution in [0.1, 0.15) is 38.4 Å². The Hall–Kier alpha value is -2.34. The molecule has 2 N–H and O–H groups in total. The minimum absolute atomic E-state index is 0.137. The number of carbonyl (C=O) groups is 1. The average Bonchev–Trinajstić information content (AvgIpc) is 3.25. The summed E-state index contributed by atoms with van der Waals surface area (Å²) >= 11 is 0. The molecule has 0 radical (unpaired) electrons. The second kappa shape index (κ2) is 7.49. The van der Waals surface area contributed by atoms with Gasteiger partial charge >= 0.3 is 6.03 Å². The van der Waals surface area contributed by atoms with E-state index in [2.05, 4.69) is 29.5 Å². The number of anilines is 1. The second-order valence-corrected chi connectivity index (χ2v) is 6.27. The van der Waals surface area contributed by atoms with Gasteiger partial charge in [-0.3, -0.25) is 0 Å². The summed E-state index contributed by atoms with van der Waals surface area (Å²) in [6.07, 6.45) is 3.96. The highest BCUT2D eigenvalue weighted by atomic mass is 16.5. The van der Waals surface area contributed by atoms with Crippen LogP contribution in [0, 0.1) is 0 Å². The van der Waals surface area contributed by atoms with Gasteiger partial charge in [-0.2, -0.15) is 0 Å². The van der Waals surface area contributed by atoms with Crippen LogP contribution < -0.4 is 10.6 Å². The van der Waals surface area contributed by atoms with E-state index in [0.717, 1.165) is 36.5 Å². The minimum atomic E-state index is -0.225. The predicted molar refractivity (Wildman–Crippen MR) is 92.0 cm³/mol. The molecule has 6 nitrogen and oxygen atoms in total. The smallest absolute Gasteiger partial charge is 0.319 e. The summed E-state index contributed by atoms with van der Waals surface area (Å²) in [5.74, 6) is 1.76. The number of carbonyl (C=O) groups excluding carboxylic acids is 1. The number of benzene rings is 1. The van der Waals surface area contributed by atoms with Gasteiger partial charge in [0, 0.05) is 30.3 Å². The van der Waals surface area contributed by atoms with E-state index in [1.807, 2.05) is 24.3 Å². The first-order chi connectivity index (χ1) is 11.6. The van der Waals surface area contributed by atoms with Crippen LogP contribution in [0.3, 0.4) is 0 Å². The van der Waals surface area contributed by atoms with Gasteiger partial charge in [-0.25, -0.2) is 9.78 Å². The van der Waals surface area contributed by atoms with E-state index in [-0.39, 0.29) is 12.1 Å². The highest BCUT2D eigenvalue weighted by Gasteiger charge is 2.16. The van der Waals surface area contributed by atoms with Crippen LogP contribution in [0.25, 0.3) is 11.5 Å². The summed E-state index contributed by atoms with van der Waals surface area (Å²) < 4.78 is 11.2. The van der Waals surface area contributed by atoms with E-state index in [1.54, 1.807) is 6.20 Å². The van der Waals surface area contributed by atoms with Gasteiger partial charge in [0.2, 0.25) is 5.89 Å². The molecule has 3 rings (SSSR count). The lowest BCUT2D eigenvalue weighted by molar-refractivity contribution is 0.112. The van der Waals surface area contributed by atoms with Crippen molar-refractivity contribution < 1.29 is 13.9 Å². The Morgan fingerprint density at radius 1 is 1.33 bits per heavy atom. The van der Waals surface area contributed by atoms with Crippen molar-refractivity contribution in [3.63, 3.8) is 0 Å². The molecule has 1 atom stereocenters. The van der Waals surface area contributed by atoms with Crippen LogP contribution in [0.15, 0.2) is 34.9 Å². The van der Waals surface area contributed by atoms with E-state index >= 15 is 0 Å². The summed E-state index contributed by atoms with van der Waals surface area (Å²) in [6.45, 7) is 5.45. The Balaban J connectivity index is 1.54. The third-order valence-corrected chi connectivity index (χ3v) is 4.00. The molecular weight excluding hydrogens is 306 g/mol. The largest absolute Gasteiger partial charge is 0.441 e. The monoisotopic (exact) mass is 329 g/mol. The van der Waals surface area contributed by atoms with Crippen molar-refractivity contribution in [2.24, 2.45) is 0 Å². The lowest BCUT2D eigenvalue weighted by Gasteiger charge is -2.11. The first kappa shape index (κ1) is 16.5. The summed E-state index contributed by atoms with van der Waals surface area (Å²) in [5.41, 5.74) is 1.60. The molecule has 6 heteroatoms. The van der Waals surface area contributed by atoms with E-state index in [9.17, 15) is 4.79 Å². The van der Waals surface area contributed by atoms with Gasteiger partial charge in [0.25, 0.3) is 0 Å². The van der Waals surface area contributed by atoms with Gasteiger partial charge in [0.1, 0.15) is 5.76 Å². The first-order valence-corrected chi connectivity index (χ1v) is 8.34. The molecule has 1 aliphatic heterocycles. The number of hydrogen-bond acceptors (Lipinski definition) is 4. The molecule has 0 aliphatic carbocycles. The normalized spacial score (nSPS) is 17.2. The molecule has 1 fully saturated rings. The number of oxazole rings is 1. The first-order valence-electron chi connectivity index (χ1n) is 8.34. The molecular formula is C18H23N3O3. The number of nitrogens with one attached hydrogen (secondary N) is 2. The molecule has 1 saturated heterocycles. The van der Waals surface area contributed by atoms with Gasteiger partial charge < -0.3 is 19.8 Å².